The molecule has 0 atom stereocenters. The summed E-state index contributed by atoms with van der Waals surface area (Å²) in [5.74, 6) is -2.21. The number of hydrogen-bond donors (Lipinski definition) is 2. The van der Waals surface area contributed by atoms with Crippen molar-refractivity contribution in [3.8, 4) is 17.0 Å². The normalized spacial score (nSPS) is 13.7. The molecule has 1 aromatic heterocycles. The summed E-state index contributed by atoms with van der Waals surface area (Å²) in [5.41, 5.74) is 1.11. The molecule has 3 aromatic rings. The molecule has 1 fully saturated rings. The summed E-state index contributed by atoms with van der Waals surface area (Å²) in [6.07, 6.45) is -3.22. The molecule has 36 heavy (non-hydrogen) atoms. The lowest BCUT2D eigenvalue weighted by Crippen LogP contribution is -2.36. The molecule has 1 amide bonds. The van der Waals surface area contributed by atoms with Gasteiger partial charge < -0.3 is 25.0 Å². The Balaban J connectivity index is 1.69. The van der Waals surface area contributed by atoms with Crippen molar-refractivity contribution in [1.82, 2.24) is 9.97 Å². The van der Waals surface area contributed by atoms with E-state index >= 15 is 0 Å². The lowest BCUT2D eigenvalue weighted by Gasteiger charge is -2.29. The minimum absolute atomic E-state index is 0.000748. The second kappa shape index (κ2) is 10.6. The summed E-state index contributed by atoms with van der Waals surface area (Å²) in [6.45, 7) is 5.96. The number of nitrogens with zero attached hydrogens (tertiary/aromatic N) is 3. The highest BCUT2D eigenvalue weighted by molar-refractivity contribution is 5.99. The zero-order valence-corrected chi connectivity index (χ0v) is 18.8. The van der Waals surface area contributed by atoms with Crippen LogP contribution < -0.4 is 20.3 Å². The first-order valence-corrected chi connectivity index (χ1v) is 10.8. The van der Waals surface area contributed by atoms with Gasteiger partial charge in [-0.15, -0.1) is 13.2 Å². The molecule has 2 N–H and O–H groups in total. The fraction of sp³-hybridized carbons (Fsp3) is 0.208. The minimum Gasteiger partial charge on any atom is -0.402 e. The van der Waals surface area contributed by atoms with Crippen LogP contribution in [0.3, 0.4) is 0 Å². The smallest absolute Gasteiger partial charge is 0.402 e. The standard InChI is InChI=1S/C24H21F4N5O3/c1-2-21(34)30-18-11-15(10-16(25)12-18)22-20(36-24(26,27)28)14-29-23(32-22)31-17-4-3-5-19(13-17)33-6-8-35-9-7-33/h2-5,10-14H,1,6-9H2,(H,30,34)(H,29,31,32). The molecule has 0 radical (unpaired) electrons. The lowest BCUT2D eigenvalue weighted by molar-refractivity contribution is -0.274. The van der Waals surface area contributed by atoms with Gasteiger partial charge in [-0.3, -0.25) is 4.79 Å². The molecule has 0 bridgehead atoms. The third-order valence-electron chi connectivity index (χ3n) is 5.08. The highest BCUT2D eigenvalue weighted by atomic mass is 19.4. The SMILES string of the molecule is C=CC(=O)Nc1cc(F)cc(-c2nc(Nc3cccc(N4CCOCC4)c3)ncc2OC(F)(F)F)c1. The maximum atomic E-state index is 14.3. The fourth-order valence-electron chi connectivity index (χ4n) is 3.56. The van der Waals surface area contributed by atoms with Crippen molar-refractivity contribution in [2.75, 3.05) is 41.8 Å². The number of nitrogens with one attached hydrogen (secondary N) is 2. The van der Waals surface area contributed by atoms with Gasteiger partial charge in [0.15, 0.2) is 5.75 Å². The number of aromatic nitrogens is 2. The maximum Gasteiger partial charge on any atom is 0.573 e. The van der Waals surface area contributed by atoms with Crippen LogP contribution >= 0.6 is 0 Å². The van der Waals surface area contributed by atoms with Crippen LogP contribution in [0.2, 0.25) is 0 Å². The van der Waals surface area contributed by atoms with Gasteiger partial charge in [-0.2, -0.15) is 0 Å². The molecule has 8 nitrogen and oxygen atoms in total. The van der Waals surface area contributed by atoms with Crippen molar-refractivity contribution in [1.29, 1.82) is 0 Å². The number of benzene rings is 2. The zero-order valence-electron chi connectivity index (χ0n) is 18.8. The van der Waals surface area contributed by atoms with Crippen LogP contribution in [0.5, 0.6) is 5.75 Å². The van der Waals surface area contributed by atoms with E-state index in [1.165, 1.54) is 6.07 Å². The molecule has 1 aliphatic rings. The van der Waals surface area contributed by atoms with Gasteiger partial charge in [-0.1, -0.05) is 12.6 Å². The van der Waals surface area contributed by atoms with Crippen LogP contribution in [-0.4, -0.2) is 48.5 Å². The monoisotopic (exact) mass is 503 g/mol. The third kappa shape index (κ3) is 6.48. The number of morpholine rings is 1. The van der Waals surface area contributed by atoms with E-state index in [2.05, 4.69) is 36.8 Å². The fourth-order valence-corrected chi connectivity index (χ4v) is 3.56. The summed E-state index contributed by atoms with van der Waals surface area (Å²) in [7, 11) is 0. The Hall–Kier alpha value is -4.19. The summed E-state index contributed by atoms with van der Waals surface area (Å²) in [6, 6.07) is 10.6. The average Bonchev–Trinajstić information content (AvgIpc) is 2.84. The van der Waals surface area contributed by atoms with Crippen molar-refractivity contribution in [3.63, 3.8) is 0 Å². The summed E-state index contributed by atoms with van der Waals surface area (Å²) in [4.78, 5) is 21.9. The first-order chi connectivity index (χ1) is 17.2. The van der Waals surface area contributed by atoms with Crippen LogP contribution in [0.25, 0.3) is 11.3 Å². The molecule has 12 heteroatoms. The average molecular weight is 503 g/mol. The minimum atomic E-state index is -5.03. The van der Waals surface area contributed by atoms with Crippen LogP contribution in [0.1, 0.15) is 0 Å². The van der Waals surface area contributed by atoms with E-state index in [1.54, 1.807) is 6.07 Å². The molecule has 2 aromatic carbocycles. The third-order valence-corrected chi connectivity index (χ3v) is 5.08. The first kappa shape index (κ1) is 24.9. The van der Waals surface area contributed by atoms with Crippen molar-refractivity contribution < 1.29 is 31.8 Å². The van der Waals surface area contributed by atoms with E-state index in [0.29, 0.717) is 18.9 Å². The van der Waals surface area contributed by atoms with Gasteiger partial charge >= 0.3 is 6.36 Å². The Morgan fingerprint density at radius 3 is 2.64 bits per heavy atom. The molecule has 0 aliphatic carbocycles. The molecule has 0 spiro atoms. The van der Waals surface area contributed by atoms with Gasteiger partial charge in [0.05, 0.1) is 19.4 Å². The Labute approximate surface area is 203 Å². The van der Waals surface area contributed by atoms with Crippen LogP contribution in [0.4, 0.5) is 40.6 Å². The number of ether oxygens (including phenoxy) is 2. The molecule has 1 aliphatic heterocycles. The van der Waals surface area contributed by atoms with E-state index < -0.39 is 23.8 Å². The van der Waals surface area contributed by atoms with Gasteiger partial charge in [0.25, 0.3) is 0 Å². The maximum absolute atomic E-state index is 14.3. The number of carbonyl (C=O) groups is 1. The number of amides is 1. The van der Waals surface area contributed by atoms with E-state index in [9.17, 15) is 22.4 Å². The van der Waals surface area contributed by atoms with Crippen molar-refractivity contribution in [2.24, 2.45) is 0 Å². The predicted octanol–water partition coefficient (Wildman–Crippen LogP) is 4.89. The topological polar surface area (TPSA) is 88.6 Å². The Kier molecular flexibility index (Phi) is 7.34. The van der Waals surface area contributed by atoms with Crippen molar-refractivity contribution in [3.05, 3.63) is 67.1 Å². The summed E-state index contributed by atoms with van der Waals surface area (Å²) in [5, 5.41) is 5.33. The quantitative estimate of drug-likeness (QED) is 0.351. The van der Waals surface area contributed by atoms with E-state index in [-0.39, 0.29) is 22.9 Å². The number of hydrogen-bond acceptors (Lipinski definition) is 7. The van der Waals surface area contributed by atoms with E-state index in [4.69, 9.17) is 4.74 Å². The highest BCUT2D eigenvalue weighted by Crippen LogP contribution is 2.35. The van der Waals surface area contributed by atoms with Crippen molar-refractivity contribution >= 4 is 28.9 Å². The second-order valence-electron chi connectivity index (χ2n) is 7.65. The van der Waals surface area contributed by atoms with E-state index in [0.717, 1.165) is 43.2 Å². The highest BCUT2D eigenvalue weighted by Gasteiger charge is 2.33. The Morgan fingerprint density at radius 1 is 1.14 bits per heavy atom. The van der Waals surface area contributed by atoms with Crippen LogP contribution in [0, 0.1) is 5.82 Å². The predicted molar refractivity (Wildman–Crippen MR) is 126 cm³/mol. The molecular formula is C24H21F4N5O3. The van der Waals surface area contributed by atoms with E-state index in [1.807, 2.05) is 18.2 Å². The van der Waals surface area contributed by atoms with Gasteiger partial charge in [-0.05, 0) is 42.5 Å². The van der Waals surface area contributed by atoms with Crippen LogP contribution in [0.15, 0.2) is 61.3 Å². The molecule has 4 rings (SSSR count). The zero-order chi connectivity index (χ0) is 25.7. The molecule has 0 saturated carbocycles. The first-order valence-electron chi connectivity index (χ1n) is 10.8. The molecule has 0 unspecified atom stereocenters. The molecular weight excluding hydrogens is 482 g/mol. The van der Waals surface area contributed by atoms with Crippen LogP contribution in [-0.2, 0) is 9.53 Å². The largest absolute Gasteiger partial charge is 0.573 e. The molecule has 1 saturated heterocycles. The number of rotatable bonds is 7. The summed E-state index contributed by atoms with van der Waals surface area (Å²) < 4.78 is 62.8. The number of alkyl halides is 3. The second-order valence-corrected chi connectivity index (χ2v) is 7.65. The number of carbonyl (C=O) groups excluding carboxylic acids is 1. The molecule has 2 heterocycles. The van der Waals surface area contributed by atoms with Gasteiger partial charge in [-0.25, -0.2) is 14.4 Å². The van der Waals surface area contributed by atoms with Gasteiger partial charge in [0, 0.05) is 35.7 Å². The number of halogens is 4. The Morgan fingerprint density at radius 2 is 1.92 bits per heavy atom. The summed E-state index contributed by atoms with van der Waals surface area (Å²) >= 11 is 0. The van der Waals surface area contributed by atoms with Crippen molar-refractivity contribution in [2.45, 2.75) is 6.36 Å². The Bertz CT molecular complexity index is 1260. The van der Waals surface area contributed by atoms with Gasteiger partial charge in [0.1, 0.15) is 11.5 Å². The lowest BCUT2D eigenvalue weighted by atomic mass is 10.1. The molecule has 188 valence electrons. The number of anilines is 4. The van der Waals surface area contributed by atoms with Gasteiger partial charge in [0.2, 0.25) is 11.9 Å².